The third-order valence-corrected chi connectivity index (χ3v) is 5.96. The monoisotopic (exact) mass is 350 g/mol. The maximum Gasteiger partial charge on any atom is 0.190 e. The molecule has 5 rings (SSSR count). The average Bonchev–Trinajstić information content (AvgIpc) is 3.14. The number of para-hydroxylation sites is 1. The Balaban J connectivity index is 1.52. The second kappa shape index (κ2) is 6.42. The molecule has 0 spiro atoms. The number of ether oxygens (including phenoxy) is 1. The molecule has 134 valence electrons. The van der Waals surface area contributed by atoms with E-state index in [1.807, 2.05) is 18.2 Å². The normalized spacial score (nSPS) is 25.3. The van der Waals surface area contributed by atoms with Crippen LogP contribution in [0.1, 0.15) is 55.7 Å². The third-order valence-electron chi connectivity index (χ3n) is 5.96. The molecule has 3 nitrogen and oxygen atoms in total. The molecule has 0 radical (unpaired) electrons. The number of hydrazone groups is 1. The zero-order valence-electron chi connectivity index (χ0n) is 14.8. The number of benzene rings is 2. The van der Waals surface area contributed by atoms with Gasteiger partial charge in [-0.1, -0.05) is 49.6 Å². The SMILES string of the molecule is Fc1ccc(C2=NN3[C@H](C2)c2ccccc2O[C@@H]3C2CCCCC2)cc1. The number of hydrogen-bond acceptors (Lipinski definition) is 3. The zero-order valence-corrected chi connectivity index (χ0v) is 14.8. The topological polar surface area (TPSA) is 24.8 Å². The number of rotatable bonds is 2. The Morgan fingerprint density at radius 1 is 0.962 bits per heavy atom. The molecule has 2 aliphatic heterocycles. The molecule has 0 N–H and O–H groups in total. The molecule has 1 fully saturated rings. The van der Waals surface area contributed by atoms with Gasteiger partial charge in [-0.2, -0.15) is 5.10 Å². The van der Waals surface area contributed by atoms with Gasteiger partial charge in [-0.3, -0.25) is 0 Å². The van der Waals surface area contributed by atoms with Crippen LogP contribution in [0.5, 0.6) is 5.75 Å². The van der Waals surface area contributed by atoms with E-state index in [0.717, 1.165) is 23.4 Å². The molecule has 0 bridgehead atoms. The van der Waals surface area contributed by atoms with Crippen LogP contribution in [0.4, 0.5) is 4.39 Å². The first-order chi connectivity index (χ1) is 12.8. The maximum absolute atomic E-state index is 13.3. The van der Waals surface area contributed by atoms with Crippen LogP contribution in [0.15, 0.2) is 53.6 Å². The summed E-state index contributed by atoms with van der Waals surface area (Å²) in [7, 11) is 0. The summed E-state index contributed by atoms with van der Waals surface area (Å²) in [5, 5.41) is 7.16. The van der Waals surface area contributed by atoms with Crippen LogP contribution >= 0.6 is 0 Å². The Bertz CT molecular complexity index is 826. The van der Waals surface area contributed by atoms with Gasteiger partial charge in [-0.25, -0.2) is 9.40 Å². The Hall–Kier alpha value is -2.36. The summed E-state index contributed by atoms with van der Waals surface area (Å²) >= 11 is 0. The van der Waals surface area contributed by atoms with Gasteiger partial charge >= 0.3 is 0 Å². The fourth-order valence-electron chi connectivity index (χ4n) is 4.61. The number of halogens is 1. The second-order valence-electron chi connectivity index (χ2n) is 7.60. The molecule has 2 aromatic rings. The van der Waals surface area contributed by atoms with Gasteiger partial charge in [0.1, 0.15) is 11.6 Å². The van der Waals surface area contributed by atoms with Gasteiger partial charge in [0.2, 0.25) is 0 Å². The van der Waals surface area contributed by atoms with Crippen LogP contribution in [-0.2, 0) is 0 Å². The molecule has 1 saturated carbocycles. The van der Waals surface area contributed by atoms with Crippen molar-refractivity contribution >= 4 is 5.71 Å². The highest BCUT2D eigenvalue weighted by atomic mass is 19.1. The molecule has 2 aromatic carbocycles. The Labute approximate surface area is 153 Å². The lowest BCUT2D eigenvalue weighted by atomic mass is 9.86. The first-order valence-corrected chi connectivity index (χ1v) is 9.67. The molecule has 2 heterocycles. The van der Waals surface area contributed by atoms with Crippen LogP contribution in [0.2, 0.25) is 0 Å². The predicted octanol–water partition coefficient (Wildman–Crippen LogP) is 5.28. The van der Waals surface area contributed by atoms with Gasteiger partial charge in [0.05, 0.1) is 11.8 Å². The highest BCUT2D eigenvalue weighted by Gasteiger charge is 2.43. The third kappa shape index (κ3) is 2.68. The standard InChI is InChI=1S/C22H23FN2O/c23-17-12-10-15(11-13-17)19-14-20-18-8-4-5-9-21(18)26-22(25(20)24-19)16-6-2-1-3-7-16/h4-5,8-13,16,20,22H,1-3,6-7,14H2/t20-,22-/m1/s1. The minimum absolute atomic E-state index is 0.00754. The molecule has 4 heteroatoms. The summed E-state index contributed by atoms with van der Waals surface area (Å²) < 4.78 is 19.7. The number of fused-ring (bicyclic) bond motifs is 3. The van der Waals surface area contributed by atoms with E-state index in [2.05, 4.69) is 23.2 Å². The number of hydrogen-bond donors (Lipinski definition) is 0. The molecular formula is C22H23FN2O. The van der Waals surface area contributed by atoms with E-state index in [4.69, 9.17) is 9.84 Å². The van der Waals surface area contributed by atoms with E-state index in [0.29, 0.717) is 5.92 Å². The second-order valence-corrected chi connectivity index (χ2v) is 7.60. The molecule has 2 atom stereocenters. The molecule has 3 aliphatic rings. The molecule has 26 heavy (non-hydrogen) atoms. The van der Waals surface area contributed by atoms with Gasteiger partial charge in [-0.15, -0.1) is 0 Å². The molecule has 0 aromatic heterocycles. The predicted molar refractivity (Wildman–Crippen MR) is 99.6 cm³/mol. The summed E-state index contributed by atoms with van der Waals surface area (Å²) in [6.07, 6.45) is 7.14. The van der Waals surface area contributed by atoms with Crippen LogP contribution in [-0.4, -0.2) is 16.9 Å². The van der Waals surface area contributed by atoms with Gasteiger partial charge in [0, 0.05) is 17.9 Å². The molecule has 1 aliphatic carbocycles. The number of nitrogens with zero attached hydrogens (tertiary/aromatic N) is 2. The first kappa shape index (κ1) is 15.9. The zero-order chi connectivity index (χ0) is 17.5. The molecule has 0 amide bonds. The highest BCUT2D eigenvalue weighted by Crippen LogP contribution is 2.46. The lowest BCUT2D eigenvalue weighted by molar-refractivity contribution is -0.0643. The van der Waals surface area contributed by atoms with Crippen molar-refractivity contribution in [3.05, 3.63) is 65.5 Å². The van der Waals surface area contributed by atoms with Crippen molar-refractivity contribution in [2.45, 2.75) is 50.8 Å². The Morgan fingerprint density at radius 2 is 1.73 bits per heavy atom. The minimum Gasteiger partial charge on any atom is -0.468 e. The van der Waals surface area contributed by atoms with E-state index >= 15 is 0 Å². The van der Waals surface area contributed by atoms with E-state index in [1.165, 1.54) is 49.8 Å². The summed E-state index contributed by atoms with van der Waals surface area (Å²) in [5.74, 6) is 1.31. The summed E-state index contributed by atoms with van der Waals surface area (Å²) in [6.45, 7) is 0. The highest BCUT2D eigenvalue weighted by molar-refractivity contribution is 6.01. The summed E-state index contributed by atoms with van der Waals surface area (Å²) in [6, 6.07) is 15.2. The smallest absolute Gasteiger partial charge is 0.190 e. The van der Waals surface area contributed by atoms with Crippen LogP contribution in [0, 0.1) is 11.7 Å². The van der Waals surface area contributed by atoms with Crippen molar-refractivity contribution in [3.63, 3.8) is 0 Å². The van der Waals surface area contributed by atoms with E-state index in [9.17, 15) is 4.39 Å². The van der Waals surface area contributed by atoms with E-state index in [1.54, 1.807) is 0 Å². The van der Waals surface area contributed by atoms with Crippen molar-refractivity contribution in [1.29, 1.82) is 0 Å². The van der Waals surface area contributed by atoms with Crippen molar-refractivity contribution < 1.29 is 9.13 Å². The Kier molecular flexibility index (Phi) is 3.92. The van der Waals surface area contributed by atoms with E-state index < -0.39 is 0 Å². The van der Waals surface area contributed by atoms with E-state index in [-0.39, 0.29) is 18.1 Å². The van der Waals surface area contributed by atoms with Crippen molar-refractivity contribution in [2.24, 2.45) is 11.0 Å². The van der Waals surface area contributed by atoms with Crippen LogP contribution in [0.25, 0.3) is 0 Å². The van der Waals surface area contributed by atoms with Crippen molar-refractivity contribution in [2.75, 3.05) is 0 Å². The molecular weight excluding hydrogens is 327 g/mol. The maximum atomic E-state index is 13.3. The first-order valence-electron chi connectivity index (χ1n) is 9.67. The fourth-order valence-corrected chi connectivity index (χ4v) is 4.61. The van der Waals surface area contributed by atoms with Crippen LogP contribution < -0.4 is 4.74 Å². The van der Waals surface area contributed by atoms with Gasteiger partial charge < -0.3 is 4.74 Å². The summed E-state index contributed by atoms with van der Waals surface area (Å²) in [5.41, 5.74) is 3.23. The van der Waals surface area contributed by atoms with Gasteiger partial charge in [-0.05, 0) is 36.6 Å². The van der Waals surface area contributed by atoms with Gasteiger partial charge in [0.15, 0.2) is 6.23 Å². The minimum atomic E-state index is -0.209. The van der Waals surface area contributed by atoms with Crippen molar-refractivity contribution in [3.8, 4) is 5.75 Å². The lowest BCUT2D eigenvalue weighted by Crippen LogP contribution is -2.45. The van der Waals surface area contributed by atoms with Gasteiger partial charge in [0.25, 0.3) is 0 Å². The van der Waals surface area contributed by atoms with Crippen molar-refractivity contribution in [1.82, 2.24) is 5.01 Å². The Morgan fingerprint density at radius 3 is 2.54 bits per heavy atom. The fraction of sp³-hybridized carbons (Fsp3) is 0.409. The largest absolute Gasteiger partial charge is 0.468 e. The summed E-state index contributed by atoms with van der Waals surface area (Å²) in [4.78, 5) is 0. The molecule has 0 unspecified atom stereocenters. The lowest BCUT2D eigenvalue weighted by Gasteiger charge is -2.42. The molecule has 0 saturated heterocycles. The average molecular weight is 350 g/mol. The quantitative estimate of drug-likeness (QED) is 0.736. The van der Waals surface area contributed by atoms with Crippen LogP contribution in [0.3, 0.4) is 0 Å².